The Morgan fingerprint density at radius 3 is 2.25 bits per heavy atom. The molecule has 1 aromatic rings. The summed E-state index contributed by atoms with van der Waals surface area (Å²) in [6.45, 7) is 6.44. The highest BCUT2D eigenvalue weighted by Gasteiger charge is 2.02. The Morgan fingerprint density at radius 1 is 1.42 bits per heavy atom. The smallest absolute Gasteiger partial charge is 0.103 e. The lowest BCUT2D eigenvalue weighted by Crippen LogP contribution is -1.80. The van der Waals surface area contributed by atoms with E-state index in [2.05, 4.69) is 39.7 Å². The molecule has 1 heteroatoms. The van der Waals surface area contributed by atoms with E-state index < -0.39 is 0 Å². The van der Waals surface area contributed by atoms with E-state index >= 15 is 0 Å². The molecule has 0 radical (unpaired) electrons. The van der Waals surface area contributed by atoms with Crippen molar-refractivity contribution in [1.29, 1.82) is 0 Å². The van der Waals surface area contributed by atoms with E-state index in [0.29, 0.717) is 5.92 Å². The summed E-state index contributed by atoms with van der Waals surface area (Å²) in [5, 5.41) is 0. The van der Waals surface area contributed by atoms with Crippen molar-refractivity contribution < 1.29 is 4.42 Å². The summed E-state index contributed by atoms with van der Waals surface area (Å²) in [7, 11) is 0. The maximum atomic E-state index is 5.28. The number of furan rings is 1. The van der Waals surface area contributed by atoms with Crippen LogP contribution >= 0.6 is 0 Å². The minimum absolute atomic E-state index is 0.587. The van der Waals surface area contributed by atoms with Gasteiger partial charge in [0.05, 0.1) is 6.26 Å². The van der Waals surface area contributed by atoms with Gasteiger partial charge in [0.15, 0.2) is 0 Å². The van der Waals surface area contributed by atoms with Crippen LogP contribution in [0, 0.1) is 12.8 Å². The molecule has 0 aromatic carbocycles. The molecule has 0 saturated heterocycles. The Kier molecular flexibility index (Phi) is 4.96. The van der Waals surface area contributed by atoms with E-state index in [0.717, 1.165) is 12.2 Å². The maximum Gasteiger partial charge on any atom is 0.103 e. The summed E-state index contributed by atoms with van der Waals surface area (Å²) < 4.78 is 5.28. The van der Waals surface area contributed by atoms with Gasteiger partial charge in [-0.25, -0.2) is 0 Å². The molecular weight excluding hydrogens is 148 g/mol. The summed E-state index contributed by atoms with van der Waals surface area (Å²) in [5.74, 6) is 1.67. The van der Waals surface area contributed by atoms with Gasteiger partial charge >= 0.3 is 0 Å². The molecule has 0 unspecified atom stereocenters. The van der Waals surface area contributed by atoms with E-state index in [1.165, 1.54) is 5.56 Å². The highest BCUT2D eigenvalue weighted by atomic mass is 16.3. The average Bonchev–Trinajstić information content (AvgIpc) is 2.55. The topological polar surface area (TPSA) is 13.1 Å². The van der Waals surface area contributed by atoms with Crippen LogP contribution in [0.3, 0.4) is 0 Å². The molecule has 0 aliphatic carbocycles. The van der Waals surface area contributed by atoms with Crippen molar-refractivity contribution in [2.75, 3.05) is 0 Å². The van der Waals surface area contributed by atoms with E-state index in [4.69, 9.17) is 4.42 Å². The first-order chi connectivity index (χ1) is 5.74. The zero-order chi connectivity index (χ0) is 9.56. The molecular formula is C11H16O. The highest BCUT2D eigenvalue weighted by Crippen LogP contribution is 2.17. The summed E-state index contributed by atoms with van der Waals surface area (Å²) in [6, 6.07) is 2.13. The van der Waals surface area contributed by atoms with E-state index in [-0.39, 0.29) is 0 Å². The third kappa shape index (κ3) is 2.84. The number of rotatable bonds is 2. The second-order valence-corrected chi connectivity index (χ2v) is 2.85. The van der Waals surface area contributed by atoms with Gasteiger partial charge in [0, 0.05) is 6.42 Å². The molecule has 1 nitrogen and oxygen atoms in total. The molecule has 0 saturated carbocycles. The van der Waals surface area contributed by atoms with E-state index in [1.807, 2.05) is 6.26 Å². The monoisotopic (exact) mass is 164 g/mol. The SMILES string of the molecule is C#C.CCc1cc(C(C)C)co1. The first-order valence-corrected chi connectivity index (χ1v) is 4.14. The lowest BCUT2D eigenvalue weighted by atomic mass is 10.1. The molecule has 12 heavy (non-hydrogen) atoms. The van der Waals surface area contributed by atoms with Gasteiger partial charge in [-0.2, -0.15) is 0 Å². The van der Waals surface area contributed by atoms with E-state index in [9.17, 15) is 0 Å². The molecule has 1 aromatic heterocycles. The number of terminal acetylenes is 1. The van der Waals surface area contributed by atoms with Gasteiger partial charge < -0.3 is 4.42 Å². The Labute approximate surface area is 74.8 Å². The van der Waals surface area contributed by atoms with Crippen LogP contribution in [-0.2, 0) is 6.42 Å². The van der Waals surface area contributed by atoms with Crippen LogP contribution in [0.5, 0.6) is 0 Å². The Balaban J connectivity index is 0.000000561. The van der Waals surface area contributed by atoms with Gasteiger partial charge in [0.2, 0.25) is 0 Å². The lowest BCUT2D eigenvalue weighted by molar-refractivity contribution is 0.513. The fourth-order valence-electron chi connectivity index (χ4n) is 0.886. The van der Waals surface area contributed by atoms with Crippen LogP contribution in [0.4, 0.5) is 0 Å². The second kappa shape index (κ2) is 5.49. The Bertz CT molecular complexity index is 230. The standard InChI is InChI=1S/C9H14O.C2H2/c1-4-9-5-8(6-10-9)7(2)3;1-2/h5-7H,4H2,1-3H3;1-2H. The second-order valence-electron chi connectivity index (χ2n) is 2.85. The lowest BCUT2D eigenvalue weighted by Gasteiger charge is -1.95. The van der Waals surface area contributed by atoms with Crippen molar-refractivity contribution >= 4 is 0 Å². The van der Waals surface area contributed by atoms with Gasteiger partial charge in [-0.3, -0.25) is 0 Å². The first-order valence-electron chi connectivity index (χ1n) is 4.14. The van der Waals surface area contributed by atoms with Crippen LogP contribution in [0.2, 0.25) is 0 Å². The molecule has 0 bridgehead atoms. The van der Waals surface area contributed by atoms with Gasteiger partial charge in [0.25, 0.3) is 0 Å². The van der Waals surface area contributed by atoms with Crippen molar-refractivity contribution in [2.24, 2.45) is 0 Å². The first kappa shape index (κ1) is 10.8. The van der Waals surface area contributed by atoms with Gasteiger partial charge in [-0.05, 0) is 17.5 Å². The maximum absolute atomic E-state index is 5.28. The third-order valence-corrected chi connectivity index (χ3v) is 1.69. The predicted octanol–water partition coefficient (Wildman–Crippen LogP) is 3.21. The Morgan fingerprint density at radius 2 is 2.00 bits per heavy atom. The zero-order valence-corrected chi connectivity index (χ0v) is 8.00. The predicted molar refractivity (Wildman–Crippen MR) is 52.1 cm³/mol. The highest BCUT2D eigenvalue weighted by molar-refractivity contribution is 5.15. The van der Waals surface area contributed by atoms with Crippen molar-refractivity contribution in [3.63, 3.8) is 0 Å². The van der Waals surface area contributed by atoms with Crippen molar-refractivity contribution in [3.8, 4) is 12.8 Å². The quantitative estimate of drug-likeness (QED) is 0.612. The number of aryl methyl sites for hydroxylation is 1. The van der Waals surface area contributed by atoms with Crippen LogP contribution in [0.15, 0.2) is 16.7 Å². The van der Waals surface area contributed by atoms with Gasteiger partial charge in [-0.15, -0.1) is 12.8 Å². The molecule has 1 rings (SSSR count). The zero-order valence-electron chi connectivity index (χ0n) is 8.00. The van der Waals surface area contributed by atoms with Crippen molar-refractivity contribution in [3.05, 3.63) is 23.7 Å². The molecule has 0 fully saturated rings. The molecule has 0 aliphatic heterocycles. The van der Waals surface area contributed by atoms with Crippen LogP contribution in [-0.4, -0.2) is 0 Å². The van der Waals surface area contributed by atoms with Crippen LogP contribution in [0.1, 0.15) is 38.0 Å². The number of hydrogen-bond donors (Lipinski definition) is 0. The van der Waals surface area contributed by atoms with Crippen LogP contribution in [0.25, 0.3) is 0 Å². The normalized spacial score (nSPS) is 9.17. The fourth-order valence-corrected chi connectivity index (χ4v) is 0.886. The van der Waals surface area contributed by atoms with E-state index in [1.54, 1.807) is 0 Å². The summed E-state index contributed by atoms with van der Waals surface area (Å²) in [6.07, 6.45) is 10.8. The molecule has 0 spiro atoms. The summed E-state index contributed by atoms with van der Waals surface area (Å²) in [4.78, 5) is 0. The van der Waals surface area contributed by atoms with Crippen molar-refractivity contribution in [2.45, 2.75) is 33.1 Å². The fraction of sp³-hybridized carbons (Fsp3) is 0.455. The number of hydrogen-bond acceptors (Lipinski definition) is 1. The minimum atomic E-state index is 0.587. The van der Waals surface area contributed by atoms with Crippen LogP contribution < -0.4 is 0 Å². The van der Waals surface area contributed by atoms with Gasteiger partial charge in [0.1, 0.15) is 5.76 Å². The largest absolute Gasteiger partial charge is 0.469 e. The summed E-state index contributed by atoms with van der Waals surface area (Å²) in [5.41, 5.74) is 1.30. The molecule has 0 N–H and O–H groups in total. The molecule has 0 atom stereocenters. The minimum Gasteiger partial charge on any atom is -0.469 e. The average molecular weight is 164 g/mol. The Hall–Kier alpha value is -1.16. The molecule has 66 valence electrons. The molecule has 0 amide bonds. The van der Waals surface area contributed by atoms with Crippen molar-refractivity contribution in [1.82, 2.24) is 0 Å². The molecule has 1 heterocycles. The molecule has 0 aliphatic rings. The third-order valence-electron chi connectivity index (χ3n) is 1.69. The van der Waals surface area contributed by atoms with Gasteiger partial charge in [-0.1, -0.05) is 20.8 Å². The summed E-state index contributed by atoms with van der Waals surface area (Å²) >= 11 is 0.